The van der Waals surface area contributed by atoms with Gasteiger partial charge in [0.2, 0.25) is 5.91 Å². The minimum atomic E-state index is -0.286. The second-order valence-electron chi connectivity index (χ2n) is 4.27. The lowest BCUT2D eigenvalue weighted by Gasteiger charge is -2.07. The van der Waals surface area contributed by atoms with Gasteiger partial charge in [0.1, 0.15) is 5.82 Å². The molecule has 0 spiro atoms. The highest BCUT2D eigenvalue weighted by Gasteiger charge is 2.03. The van der Waals surface area contributed by atoms with Crippen LogP contribution < -0.4 is 11.1 Å². The number of hydrogen-bond donors (Lipinski definition) is 2. The molecule has 4 heteroatoms. The zero-order chi connectivity index (χ0) is 12.7. The van der Waals surface area contributed by atoms with Crippen molar-refractivity contribution < 1.29 is 9.18 Å². The van der Waals surface area contributed by atoms with Crippen molar-refractivity contribution in [1.82, 2.24) is 5.32 Å². The minimum absolute atomic E-state index is 0.0405. The highest BCUT2D eigenvalue weighted by atomic mass is 19.1. The van der Waals surface area contributed by atoms with Crippen LogP contribution in [0.25, 0.3) is 0 Å². The first kappa shape index (κ1) is 13.6. The Bertz CT molecular complexity index is 349. The highest BCUT2D eigenvalue weighted by Crippen LogP contribution is 2.03. The second kappa shape index (κ2) is 7.01. The molecular weight excluding hydrogens is 219 g/mol. The van der Waals surface area contributed by atoms with Gasteiger partial charge in [-0.05, 0) is 37.5 Å². The predicted molar refractivity (Wildman–Crippen MR) is 66.0 cm³/mol. The largest absolute Gasteiger partial charge is 0.356 e. The van der Waals surface area contributed by atoms with E-state index >= 15 is 0 Å². The third kappa shape index (κ3) is 6.02. The van der Waals surface area contributed by atoms with Gasteiger partial charge in [-0.25, -0.2) is 4.39 Å². The molecule has 0 fully saturated rings. The van der Waals surface area contributed by atoms with Crippen LogP contribution in [-0.2, 0) is 11.2 Å². The number of carbonyl (C=O) groups is 1. The summed E-state index contributed by atoms with van der Waals surface area (Å²) in [5.74, 6) is -0.327. The number of nitrogens with two attached hydrogens (primary N) is 1. The Hall–Kier alpha value is -1.42. The van der Waals surface area contributed by atoms with E-state index in [2.05, 4.69) is 5.32 Å². The SMILES string of the molecule is CC(N)CCCNC(=O)Cc1ccc(F)cc1. The Morgan fingerprint density at radius 3 is 2.65 bits per heavy atom. The van der Waals surface area contributed by atoms with E-state index in [-0.39, 0.29) is 17.8 Å². The smallest absolute Gasteiger partial charge is 0.224 e. The molecule has 17 heavy (non-hydrogen) atoms. The number of rotatable bonds is 6. The monoisotopic (exact) mass is 238 g/mol. The molecule has 94 valence electrons. The summed E-state index contributed by atoms with van der Waals surface area (Å²) in [6, 6.07) is 6.13. The standard InChI is InChI=1S/C13H19FN2O/c1-10(15)3-2-8-16-13(17)9-11-4-6-12(14)7-5-11/h4-7,10H,2-3,8-9,15H2,1H3,(H,16,17). The Balaban J connectivity index is 2.23. The minimum Gasteiger partial charge on any atom is -0.356 e. The van der Waals surface area contributed by atoms with E-state index in [0.717, 1.165) is 18.4 Å². The van der Waals surface area contributed by atoms with Gasteiger partial charge in [-0.1, -0.05) is 12.1 Å². The third-order valence-corrected chi connectivity index (χ3v) is 2.44. The Kier molecular flexibility index (Phi) is 5.63. The molecule has 3 N–H and O–H groups in total. The van der Waals surface area contributed by atoms with Crippen LogP contribution in [0, 0.1) is 5.82 Å². The summed E-state index contributed by atoms with van der Waals surface area (Å²) < 4.78 is 12.6. The molecule has 0 saturated carbocycles. The molecule has 1 aromatic carbocycles. The third-order valence-electron chi connectivity index (χ3n) is 2.44. The van der Waals surface area contributed by atoms with Crippen molar-refractivity contribution >= 4 is 5.91 Å². The first-order chi connectivity index (χ1) is 8.08. The lowest BCUT2D eigenvalue weighted by Crippen LogP contribution is -2.27. The number of halogens is 1. The van der Waals surface area contributed by atoms with Crippen molar-refractivity contribution in [2.24, 2.45) is 5.73 Å². The summed E-state index contributed by atoms with van der Waals surface area (Å²) in [7, 11) is 0. The quantitative estimate of drug-likeness (QED) is 0.740. The summed E-state index contributed by atoms with van der Waals surface area (Å²) in [6.45, 7) is 2.59. The van der Waals surface area contributed by atoms with Gasteiger partial charge in [0, 0.05) is 12.6 Å². The molecule has 0 radical (unpaired) electrons. The van der Waals surface area contributed by atoms with Crippen molar-refractivity contribution in [3.05, 3.63) is 35.6 Å². The van der Waals surface area contributed by atoms with Crippen molar-refractivity contribution in [2.45, 2.75) is 32.2 Å². The fraction of sp³-hybridized carbons (Fsp3) is 0.462. The Labute approximate surface area is 101 Å². The molecule has 0 saturated heterocycles. The van der Waals surface area contributed by atoms with Gasteiger partial charge in [0.25, 0.3) is 0 Å². The Morgan fingerprint density at radius 1 is 1.41 bits per heavy atom. The fourth-order valence-corrected chi connectivity index (χ4v) is 1.50. The number of benzene rings is 1. The molecule has 0 aliphatic heterocycles. The number of hydrogen-bond acceptors (Lipinski definition) is 2. The molecule has 0 aromatic heterocycles. The zero-order valence-electron chi connectivity index (χ0n) is 10.1. The molecule has 1 aromatic rings. The molecule has 1 unspecified atom stereocenters. The normalized spacial score (nSPS) is 12.2. The summed E-state index contributed by atoms with van der Waals surface area (Å²) in [5, 5.41) is 2.81. The van der Waals surface area contributed by atoms with E-state index in [1.54, 1.807) is 12.1 Å². The highest BCUT2D eigenvalue weighted by molar-refractivity contribution is 5.78. The molecule has 0 aliphatic carbocycles. The van der Waals surface area contributed by atoms with E-state index in [9.17, 15) is 9.18 Å². The van der Waals surface area contributed by atoms with Gasteiger partial charge >= 0.3 is 0 Å². The average Bonchev–Trinajstić information content (AvgIpc) is 2.27. The first-order valence-electron chi connectivity index (χ1n) is 5.84. The predicted octanol–water partition coefficient (Wildman–Crippen LogP) is 1.61. The molecule has 0 heterocycles. The molecule has 1 rings (SSSR count). The zero-order valence-corrected chi connectivity index (χ0v) is 10.1. The van der Waals surface area contributed by atoms with Crippen LogP contribution >= 0.6 is 0 Å². The summed E-state index contributed by atoms with van der Waals surface area (Å²) in [4.78, 5) is 11.5. The summed E-state index contributed by atoms with van der Waals surface area (Å²) >= 11 is 0. The van der Waals surface area contributed by atoms with Crippen LogP contribution in [0.5, 0.6) is 0 Å². The van der Waals surface area contributed by atoms with Crippen LogP contribution in [-0.4, -0.2) is 18.5 Å². The number of carbonyl (C=O) groups excluding carboxylic acids is 1. The van der Waals surface area contributed by atoms with Crippen LogP contribution in [0.3, 0.4) is 0 Å². The number of amides is 1. The van der Waals surface area contributed by atoms with E-state index in [1.165, 1.54) is 12.1 Å². The first-order valence-corrected chi connectivity index (χ1v) is 5.84. The van der Waals surface area contributed by atoms with E-state index in [1.807, 2.05) is 6.92 Å². The van der Waals surface area contributed by atoms with Crippen molar-refractivity contribution in [3.63, 3.8) is 0 Å². The average molecular weight is 238 g/mol. The lowest BCUT2D eigenvalue weighted by molar-refractivity contribution is -0.120. The molecule has 1 atom stereocenters. The van der Waals surface area contributed by atoms with Gasteiger partial charge in [-0.15, -0.1) is 0 Å². The van der Waals surface area contributed by atoms with Gasteiger partial charge < -0.3 is 11.1 Å². The van der Waals surface area contributed by atoms with Gasteiger partial charge in [-0.2, -0.15) is 0 Å². The summed E-state index contributed by atoms with van der Waals surface area (Å²) in [5.41, 5.74) is 6.41. The van der Waals surface area contributed by atoms with E-state index < -0.39 is 0 Å². The molecule has 0 bridgehead atoms. The topological polar surface area (TPSA) is 55.1 Å². The molecule has 3 nitrogen and oxygen atoms in total. The van der Waals surface area contributed by atoms with Crippen LogP contribution in [0.15, 0.2) is 24.3 Å². The maximum absolute atomic E-state index is 12.6. The van der Waals surface area contributed by atoms with Gasteiger partial charge in [0.05, 0.1) is 6.42 Å². The van der Waals surface area contributed by atoms with Crippen LogP contribution in [0.4, 0.5) is 4.39 Å². The molecule has 1 amide bonds. The van der Waals surface area contributed by atoms with Crippen molar-refractivity contribution in [3.8, 4) is 0 Å². The Morgan fingerprint density at radius 2 is 2.06 bits per heavy atom. The van der Waals surface area contributed by atoms with E-state index in [0.29, 0.717) is 13.0 Å². The second-order valence-corrected chi connectivity index (χ2v) is 4.27. The lowest BCUT2D eigenvalue weighted by atomic mass is 10.1. The van der Waals surface area contributed by atoms with Crippen molar-refractivity contribution in [1.29, 1.82) is 0 Å². The van der Waals surface area contributed by atoms with Gasteiger partial charge in [0.15, 0.2) is 0 Å². The van der Waals surface area contributed by atoms with E-state index in [4.69, 9.17) is 5.73 Å². The maximum atomic E-state index is 12.6. The van der Waals surface area contributed by atoms with Crippen LogP contribution in [0.1, 0.15) is 25.3 Å². The molecule has 0 aliphatic rings. The summed E-state index contributed by atoms with van der Waals surface area (Å²) in [6.07, 6.45) is 2.07. The van der Waals surface area contributed by atoms with Gasteiger partial charge in [-0.3, -0.25) is 4.79 Å². The number of nitrogens with one attached hydrogen (secondary N) is 1. The molecular formula is C13H19FN2O. The maximum Gasteiger partial charge on any atom is 0.224 e. The fourth-order valence-electron chi connectivity index (χ4n) is 1.50. The van der Waals surface area contributed by atoms with Crippen LogP contribution in [0.2, 0.25) is 0 Å². The van der Waals surface area contributed by atoms with Crippen molar-refractivity contribution in [2.75, 3.05) is 6.54 Å².